The number of benzene rings is 1. The summed E-state index contributed by atoms with van der Waals surface area (Å²) in [5.74, 6) is 0.529. The monoisotopic (exact) mass is 489 g/mol. The number of methoxy groups -OCH3 is 1. The number of nitrogens with zero attached hydrogens (tertiary/aromatic N) is 1. The molecular formula is C21H32INO4. The maximum Gasteiger partial charge on any atom is 0.346 e. The molecule has 0 amide bonds. The maximum absolute atomic E-state index is 11.2. The van der Waals surface area contributed by atoms with E-state index in [0.29, 0.717) is 6.61 Å². The zero-order chi connectivity index (χ0) is 20.4. The predicted octanol–water partition coefficient (Wildman–Crippen LogP) is 5.17. The molecule has 0 saturated carbocycles. The molecule has 1 rings (SSSR count). The number of aryl methyl sites for hydroxylation is 3. The van der Waals surface area contributed by atoms with Crippen molar-refractivity contribution in [1.82, 2.24) is 0 Å². The van der Waals surface area contributed by atoms with E-state index in [1.165, 1.54) is 23.8 Å². The van der Waals surface area contributed by atoms with E-state index in [0.717, 1.165) is 35.2 Å². The number of hydrogen-bond donors (Lipinski definition) is 0. The summed E-state index contributed by atoms with van der Waals surface area (Å²) in [7, 11) is 1.33. The van der Waals surface area contributed by atoms with Crippen LogP contribution in [0, 0.1) is 26.2 Å². The van der Waals surface area contributed by atoms with E-state index in [1.807, 2.05) is 6.92 Å². The number of oxime groups is 1. The van der Waals surface area contributed by atoms with E-state index in [2.05, 4.69) is 72.3 Å². The van der Waals surface area contributed by atoms with Gasteiger partial charge in [-0.15, -0.1) is 0 Å². The first-order chi connectivity index (χ1) is 12.8. The average molecular weight is 489 g/mol. The summed E-state index contributed by atoms with van der Waals surface area (Å²) in [6, 6.07) is 4.28. The number of halogens is 1. The Morgan fingerprint density at radius 2 is 1.85 bits per heavy atom. The summed E-state index contributed by atoms with van der Waals surface area (Å²) in [4.78, 5) is 16.3. The molecule has 5 nitrogen and oxygen atoms in total. The number of alkyl halides is 1. The van der Waals surface area contributed by atoms with Gasteiger partial charge in [0.1, 0.15) is 5.75 Å². The molecule has 0 saturated heterocycles. The highest BCUT2D eigenvalue weighted by Gasteiger charge is 2.30. The van der Waals surface area contributed by atoms with Crippen LogP contribution in [0.5, 0.6) is 5.75 Å². The summed E-state index contributed by atoms with van der Waals surface area (Å²) in [5.41, 5.74) is 4.55. The first kappa shape index (κ1) is 23.7. The highest BCUT2D eigenvalue weighted by Crippen LogP contribution is 2.33. The van der Waals surface area contributed by atoms with Crippen molar-refractivity contribution >= 4 is 34.3 Å². The number of esters is 1. The lowest BCUT2D eigenvalue weighted by atomic mass is 9.79. The fraction of sp³-hybridized carbons (Fsp3) is 0.619. The van der Waals surface area contributed by atoms with Gasteiger partial charge in [0.05, 0.1) is 19.4 Å². The third kappa shape index (κ3) is 6.97. The average Bonchev–Trinajstić information content (AvgIpc) is 2.65. The Kier molecular flexibility index (Phi) is 10.1. The van der Waals surface area contributed by atoms with E-state index in [4.69, 9.17) is 9.57 Å². The maximum atomic E-state index is 11.2. The van der Waals surface area contributed by atoms with Crippen LogP contribution in [0.25, 0.3) is 0 Å². The van der Waals surface area contributed by atoms with Gasteiger partial charge in [-0.1, -0.05) is 40.7 Å². The first-order valence-corrected chi connectivity index (χ1v) is 10.8. The standard InChI is InChI=1S/C21H32INO4/c1-7-21(14-22,18(5)23-27-13-20(24)25-6)9-8-10-26-19-12-16(3)15(2)11-17(19)4/h11-12H,7-10,13-14H2,1-6H3/b23-18+. The van der Waals surface area contributed by atoms with Crippen LogP contribution >= 0.6 is 22.6 Å². The molecule has 0 aliphatic carbocycles. The molecule has 1 aromatic carbocycles. The van der Waals surface area contributed by atoms with Crippen LogP contribution in [0.15, 0.2) is 17.3 Å². The van der Waals surface area contributed by atoms with Gasteiger partial charge in [-0.3, -0.25) is 0 Å². The van der Waals surface area contributed by atoms with Gasteiger partial charge in [-0.25, -0.2) is 4.79 Å². The second-order valence-electron chi connectivity index (χ2n) is 6.95. The van der Waals surface area contributed by atoms with Gasteiger partial charge in [-0.2, -0.15) is 0 Å². The summed E-state index contributed by atoms with van der Waals surface area (Å²) in [6.07, 6.45) is 2.83. The Balaban J connectivity index is 2.65. The normalized spacial score (nSPS) is 13.8. The van der Waals surface area contributed by atoms with Crippen molar-refractivity contribution in [3.63, 3.8) is 0 Å². The van der Waals surface area contributed by atoms with Crippen molar-refractivity contribution in [2.75, 3.05) is 24.8 Å². The van der Waals surface area contributed by atoms with Gasteiger partial charge in [0, 0.05) is 9.84 Å². The van der Waals surface area contributed by atoms with Crippen LogP contribution in [0.1, 0.15) is 49.8 Å². The molecule has 0 bridgehead atoms. The number of rotatable bonds is 11. The second-order valence-corrected chi connectivity index (χ2v) is 7.71. The fourth-order valence-corrected chi connectivity index (χ4v) is 4.36. The number of ether oxygens (including phenoxy) is 2. The summed E-state index contributed by atoms with van der Waals surface area (Å²) < 4.78 is 11.5. The Morgan fingerprint density at radius 3 is 2.44 bits per heavy atom. The fourth-order valence-electron chi connectivity index (χ4n) is 2.89. The van der Waals surface area contributed by atoms with Crippen LogP contribution in [0.2, 0.25) is 0 Å². The van der Waals surface area contributed by atoms with Crippen LogP contribution < -0.4 is 4.74 Å². The lowest BCUT2D eigenvalue weighted by Crippen LogP contribution is -2.31. The molecule has 6 heteroatoms. The summed E-state index contributed by atoms with van der Waals surface area (Å²) >= 11 is 2.40. The Bertz CT molecular complexity index is 654. The molecule has 0 aromatic heterocycles. The topological polar surface area (TPSA) is 57.1 Å². The smallest absolute Gasteiger partial charge is 0.346 e. The van der Waals surface area contributed by atoms with Crippen LogP contribution in [0.3, 0.4) is 0 Å². The third-order valence-corrected chi connectivity index (χ3v) is 6.62. The van der Waals surface area contributed by atoms with Crippen molar-refractivity contribution < 1.29 is 19.1 Å². The molecule has 0 N–H and O–H groups in total. The lowest BCUT2D eigenvalue weighted by molar-refractivity contribution is -0.145. The lowest BCUT2D eigenvalue weighted by Gasteiger charge is -2.30. The Morgan fingerprint density at radius 1 is 1.19 bits per heavy atom. The highest BCUT2D eigenvalue weighted by atomic mass is 127. The van der Waals surface area contributed by atoms with E-state index >= 15 is 0 Å². The molecule has 0 aliphatic rings. The quantitative estimate of drug-likeness (QED) is 0.108. The largest absolute Gasteiger partial charge is 0.493 e. The van der Waals surface area contributed by atoms with Crippen molar-refractivity contribution in [2.45, 2.75) is 53.9 Å². The third-order valence-electron chi connectivity index (χ3n) is 5.16. The van der Waals surface area contributed by atoms with Crippen molar-refractivity contribution in [3.8, 4) is 5.75 Å². The molecule has 27 heavy (non-hydrogen) atoms. The summed E-state index contributed by atoms with van der Waals surface area (Å²) in [5, 5.41) is 4.17. The van der Waals surface area contributed by atoms with Crippen molar-refractivity contribution in [2.24, 2.45) is 10.6 Å². The zero-order valence-corrected chi connectivity index (χ0v) is 19.5. The minimum Gasteiger partial charge on any atom is -0.493 e. The van der Waals surface area contributed by atoms with Gasteiger partial charge in [-0.05, 0) is 69.7 Å². The predicted molar refractivity (Wildman–Crippen MR) is 118 cm³/mol. The SMILES string of the molecule is CCC(CI)(CCCOc1cc(C)c(C)cc1C)/C(C)=N/OCC(=O)OC. The number of hydrogen-bond acceptors (Lipinski definition) is 5. The molecule has 1 unspecified atom stereocenters. The molecule has 0 heterocycles. The van der Waals surface area contributed by atoms with Gasteiger partial charge in [0.2, 0.25) is 6.61 Å². The zero-order valence-electron chi connectivity index (χ0n) is 17.4. The molecular weight excluding hydrogens is 457 g/mol. The van der Waals surface area contributed by atoms with E-state index < -0.39 is 5.97 Å². The molecule has 0 spiro atoms. The molecule has 0 fully saturated rings. The van der Waals surface area contributed by atoms with Crippen LogP contribution in [-0.4, -0.2) is 36.4 Å². The number of carbonyl (C=O) groups is 1. The number of carbonyl (C=O) groups excluding carboxylic acids is 1. The molecule has 0 radical (unpaired) electrons. The summed E-state index contributed by atoms with van der Waals surface area (Å²) in [6.45, 7) is 10.9. The highest BCUT2D eigenvalue weighted by molar-refractivity contribution is 14.1. The Labute approximate surface area is 177 Å². The van der Waals surface area contributed by atoms with Gasteiger partial charge in [0.25, 0.3) is 0 Å². The molecule has 152 valence electrons. The van der Waals surface area contributed by atoms with E-state index in [1.54, 1.807) is 0 Å². The van der Waals surface area contributed by atoms with Gasteiger partial charge >= 0.3 is 5.97 Å². The minimum absolute atomic E-state index is 0.0573. The van der Waals surface area contributed by atoms with Gasteiger partial charge < -0.3 is 14.3 Å². The second kappa shape index (κ2) is 11.5. The molecule has 1 atom stereocenters. The molecule has 1 aromatic rings. The van der Waals surface area contributed by atoms with Gasteiger partial charge in [0.15, 0.2) is 0 Å². The van der Waals surface area contributed by atoms with E-state index in [9.17, 15) is 4.79 Å². The van der Waals surface area contributed by atoms with Crippen molar-refractivity contribution in [1.29, 1.82) is 0 Å². The van der Waals surface area contributed by atoms with E-state index in [-0.39, 0.29) is 12.0 Å². The minimum atomic E-state index is -0.430. The van der Waals surface area contributed by atoms with Crippen LogP contribution in [-0.2, 0) is 14.4 Å². The van der Waals surface area contributed by atoms with Crippen molar-refractivity contribution in [3.05, 3.63) is 28.8 Å². The first-order valence-electron chi connectivity index (χ1n) is 9.30. The molecule has 0 aliphatic heterocycles. The van der Waals surface area contributed by atoms with Crippen LogP contribution in [0.4, 0.5) is 0 Å². The Hall–Kier alpha value is -1.31.